The Kier molecular flexibility index (Phi) is 8.21. The van der Waals surface area contributed by atoms with Gasteiger partial charge < -0.3 is 19.9 Å². The highest BCUT2D eigenvalue weighted by Gasteiger charge is 2.17. The number of halogens is 2. The Labute approximate surface area is 166 Å². The lowest BCUT2D eigenvalue weighted by Crippen LogP contribution is -2.39. The first-order valence-electron chi connectivity index (χ1n) is 8.92. The van der Waals surface area contributed by atoms with Gasteiger partial charge in [-0.25, -0.2) is 9.38 Å². The average molecular weight is 462 g/mol. The van der Waals surface area contributed by atoms with Crippen LogP contribution in [-0.2, 0) is 11.3 Å². The number of nitrogens with zero attached hydrogens (tertiary/aromatic N) is 3. The number of morpholine rings is 1. The number of hydrogen-bond acceptors (Lipinski definition) is 3. The molecule has 2 fully saturated rings. The molecule has 3 rings (SSSR count). The number of guanidine groups is 1. The van der Waals surface area contributed by atoms with Crippen LogP contribution in [-0.4, -0.2) is 56.8 Å². The lowest BCUT2D eigenvalue weighted by atomic mass is 10.1. The van der Waals surface area contributed by atoms with E-state index in [1.165, 1.54) is 12.8 Å². The van der Waals surface area contributed by atoms with Gasteiger partial charge in [0, 0.05) is 32.7 Å². The van der Waals surface area contributed by atoms with Crippen molar-refractivity contribution in [2.24, 2.45) is 4.99 Å². The average Bonchev–Trinajstić information content (AvgIpc) is 3.14. The fraction of sp³-hybridized carbons (Fsp3) is 0.611. The lowest BCUT2D eigenvalue weighted by Gasteiger charge is -2.29. The number of ether oxygens (including phenoxy) is 1. The third-order valence-corrected chi connectivity index (χ3v) is 4.52. The summed E-state index contributed by atoms with van der Waals surface area (Å²) in [6, 6.07) is 5.46. The topological polar surface area (TPSA) is 40.1 Å². The van der Waals surface area contributed by atoms with Crippen LogP contribution in [0.1, 0.15) is 25.3 Å². The summed E-state index contributed by atoms with van der Waals surface area (Å²) in [6.45, 7) is 8.33. The monoisotopic (exact) mass is 462 g/mol. The molecule has 0 bridgehead atoms. The number of anilines is 1. The molecule has 1 aromatic carbocycles. The number of rotatable bonds is 4. The maximum Gasteiger partial charge on any atom is 0.194 e. The van der Waals surface area contributed by atoms with Gasteiger partial charge >= 0.3 is 0 Å². The molecule has 0 radical (unpaired) electrons. The molecule has 2 aliphatic heterocycles. The maximum absolute atomic E-state index is 14.5. The summed E-state index contributed by atoms with van der Waals surface area (Å²) >= 11 is 0. The Morgan fingerprint density at radius 2 is 1.92 bits per heavy atom. The Morgan fingerprint density at radius 3 is 2.56 bits per heavy atom. The second-order valence-electron chi connectivity index (χ2n) is 6.25. The zero-order valence-corrected chi connectivity index (χ0v) is 17.2. The van der Waals surface area contributed by atoms with Crippen LogP contribution in [0.3, 0.4) is 0 Å². The zero-order valence-electron chi connectivity index (χ0n) is 14.8. The number of likely N-dealkylation sites (tertiary alicyclic amines) is 1. The number of nitrogens with one attached hydrogen (secondary N) is 1. The summed E-state index contributed by atoms with van der Waals surface area (Å²) < 4.78 is 19.8. The van der Waals surface area contributed by atoms with Crippen LogP contribution in [0.2, 0.25) is 0 Å². The van der Waals surface area contributed by atoms with Crippen molar-refractivity contribution in [3.05, 3.63) is 29.6 Å². The predicted molar refractivity (Wildman–Crippen MR) is 110 cm³/mol. The Balaban J connectivity index is 0.00000225. The van der Waals surface area contributed by atoms with Gasteiger partial charge in [0.05, 0.1) is 25.4 Å². The molecule has 0 saturated carbocycles. The Hall–Kier alpha value is -1.09. The van der Waals surface area contributed by atoms with Gasteiger partial charge in [0.1, 0.15) is 5.82 Å². The van der Waals surface area contributed by atoms with Crippen molar-refractivity contribution in [2.75, 3.05) is 50.8 Å². The fourth-order valence-electron chi connectivity index (χ4n) is 3.23. The molecule has 25 heavy (non-hydrogen) atoms. The number of benzene rings is 1. The van der Waals surface area contributed by atoms with Crippen LogP contribution in [0.5, 0.6) is 0 Å². The van der Waals surface area contributed by atoms with Crippen molar-refractivity contribution in [3.63, 3.8) is 0 Å². The number of hydrogen-bond donors (Lipinski definition) is 1. The van der Waals surface area contributed by atoms with E-state index in [-0.39, 0.29) is 29.8 Å². The first kappa shape index (κ1) is 20.2. The van der Waals surface area contributed by atoms with Gasteiger partial charge in [-0.05, 0) is 37.5 Å². The molecule has 1 aromatic rings. The highest BCUT2D eigenvalue weighted by molar-refractivity contribution is 14.0. The highest BCUT2D eigenvalue weighted by Crippen LogP contribution is 2.22. The van der Waals surface area contributed by atoms with Crippen LogP contribution in [0, 0.1) is 5.82 Å². The molecule has 2 heterocycles. The standard InChI is InChI=1S/C18H27FN4O.HI/c1-2-20-18(23-7-3-4-8-23)21-14-15-5-6-17(16(19)13-15)22-9-11-24-12-10-22;/h5-6,13H,2-4,7-12,14H2,1H3,(H,20,21);1H. The van der Waals surface area contributed by atoms with Crippen LogP contribution < -0.4 is 10.2 Å². The van der Waals surface area contributed by atoms with Crippen molar-refractivity contribution in [1.82, 2.24) is 10.2 Å². The second-order valence-corrected chi connectivity index (χ2v) is 6.25. The summed E-state index contributed by atoms with van der Waals surface area (Å²) in [5.41, 5.74) is 1.57. The van der Waals surface area contributed by atoms with Gasteiger partial charge in [-0.3, -0.25) is 0 Å². The van der Waals surface area contributed by atoms with Gasteiger partial charge in [0.25, 0.3) is 0 Å². The SMILES string of the molecule is CCNC(=NCc1ccc(N2CCOCC2)c(F)c1)N1CCCC1.I. The van der Waals surface area contributed by atoms with Gasteiger partial charge in [-0.15, -0.1) is 24.0 Å². The van der Waals surface area contributed by atoms with Crippen molar-refractivity contribution >= 4 is 35.6 Å². The summed E-state index contributed by atoms with van der Waals surface area (Å²) in [4.78, 5) is 9.00. The van der Waals surface area contributed by atoms with E-state index in [1.807, 2.05) is 17.0 Å². The minimum atomic E-state index is -0.171. The first-order chi connectivity index (χ1) is 11.8. The Bertz CT molecular complexity index is 572. The first-order valence-corrected chi connectivity index (χ1v) is 8.92. The molecular formula is C18H28FIN4O. The normalized spacial score (nSPS) is 18.2. The molecule has 0 spiro atoms. The van der Waals surface area contributed by atoms with Gasteiger partial charge in [-0.2, -0.15) is 0 Å². The van der Waals surface area contributed by atoms with Crippen molar-refractivity contribution in [2.45, 2.75) is 26.3 Å². The minimum Gasteiger partial charge on any atom is -0.378 e. The van der Waals surface area contributed by atoms with Crippen molar-refractivity contribution in [1.29, 1.82) is 0 Å². The van der Waals surface area contributed by atoms with Gasteiger partial charge in [0.15, 0.2) is 5.96 Å². The van der Waals surface area contributed by atoms with E-state index in [2.05, 4.69) is 22.1 Å². The molecular weight excluding hydrogens is 434 g/mol. The molecule has 7 heteroatoms. The summed E-state index contributed by atoms with van der Waals surface area (Å²) in [6.07, 6.45) is 2.43. The summed E-state index contributed by atoms with van der Waals surface area (Å²) in [5, 5.41) is 3.33. The van der Waals surface area contributed by atoms with E-state index in [9.17, 15) is 4.39 Å². The quantitative estimate of drug-likeness (QED) is 0.425. The van der Waals surface area contributed by atoms with Crippen LogP contribution >= 0.6 is 24.0 Å². The molecule has 2 aliphatic rings. The maximum atomic E-state index is 14.5. The zero-order chi connectivity index (χ0) is 16.8. The largest absolute Gasteiger partial charge is 0.378 e. The molecule has 0 aromatic heterocycles. The molecule has 2 saturated heterocycles. The van der Waals surface area contributed by atoms with Crippen LogP contribution in [0.25, 0.3) is 0 Å². The predicted octanol–water partition coefficient (Wildman–Crippen LogP) is 2.84. The molecule has 0 unspecified atom stereocenters. The van der Waals surface area contributed by atoms with E-state index in [1.54, 1.807) is 6.07 Å². The molecule has 1 N–H and O–H groups in total. The molecule has 0 aliphatic carbocycles. The van der Waals surface area contributed by atoms with E-state index in [0.29, 0.717) is 25.4 Å². The van der Waals surface area contributed by atoms with Crippen LogP contribution in [0.15, 0.2) is 23.2 Å². The van der Waals surface area contributed by atoms with Crippen molar-refractivity contribution in [3.8, 4) is 0 Å². The highest BCUT2D eigenvalue weighted by atomic mass is 127. The third kappa shape index (κ3) is 5.44. The Morgan fingerprint density at radius 1 is 1.20 bits per heavy atom. The van der Waals surface area contributed by atoms with Crippen molar-refractivity contribution < 1.29 is 9.13 Å². The third-order valence-electron chi connectivity index (χ3n) is 4.52. The van der Waals surface area contributed by atoms with E-state index < -0.39 is 0 Å². The van der Waals surface area contributed by atoms with E-state index >= 15 is 0 Å². The minimum absolute atomic E-state index is 0. The lowest BCUT2D eigenvalue weighted by molar-refractivity contribution is 0.122. The van der Waals surface area contributed by atoms with Gasteiger partial charge in [-0.1, -0.05) is 6.07 Å². The van der Waals surface area contributed by atoms with E-state index in [0.717, 1.165) is 44.2 Å². The van der Waals surface area contributed by atoms with Crippen LogP contribution in [0.4, 0.5) is 10.1 Å². The second kappa shape index (κ2) is 10.2. The smallest absolute Gasteiger partial charge is 0.194 e. The fourth-order valence-corrected chi connectivity index (χ4v) is 3.23. The summed E-state index contributed by atoms with van der Waals surface area (Å²) in [7, 11) is 0. The molecule has 0 atom stereocenters. The summed E-state index contributed by atoms with van der Waals surface area (Å²) in [5.74, 6) is 0.767. The molecule has 0 amide bonds. The molecule has 5 nitrogen and oxygen atoms in total. The van der Waals surface area contributed by atoms with Gasteiger partial charge in [0.2, 0.25) is 0 Å². The van der Waals surface area contributed by atoms with E-state index in [4.69, 9.17) is 4.74 Å². The molecule has 140 valence electrons. The number of aliphatic imine (C=N–C) groups is 1.